The molecule has 2 aromatic carbocycles. The molecule has 9 nitrogen and oxygen atoms in total. The fourth-order valence-corrected chi connectivity index (χ4v) is 4.11. The van der Waals surface area contributed by atoms with Gasteiger partial charge in [-0.1, -0.05) is 30.3 Å². The van der Waals surface area contributed by atoms with Gasteiger partial charge in [-0.15, -0.1) is 0 Å². The second-order valence-corrected chi connectivity index (χ2v) is 8.08. The van der Waals surface area contributed by atoms with Crippen molar-refractivity contribution in [1.82, 2.24) is 14.9 Å². The number of nitrogens with two attached hydrogens (primary N) is 1. The van der Waals surface area contributed by atoms with Crippen LogP contribution in [0.1, 0.15) is 42.3 Å². The third kappa shape index (κ3) is 4.68. The van der Waals surface area contributed by atoms with Crippen molar-refractivity contribution < 1.29 is 14.4 Å². The highest BCUT2D eigenvalue weighted by Gasteiger charge is 2.30. The summed E-state index contributed by atoms with van der Waals surface area (Å²) in [7, 11) is 0. The molecule has 4 rings (SSSR count). The average molecular weight is 447 g/mol. The van der Waals surface area contributed by atoms with Crippen molar-refractivity contribution in [2.45, 2.75) is 45.2 Å². The zero-order valence-electron chi connectivity index (χ0n) is 18.3. The molecule has 0 bridgehead atoms. The smallest absolute Gasteiger partial charge is 0.262 e. The van der Waals surface area contributed by atoms with E-state index in [0.29, 0.717) is 35.4 Å². The number of aromatic nitrogens is 2. The average Bonchev–Trinajstić information content (AvgIpc) is 2.80. The van der Waals surface area contributed by atoms with Crippen LogP contribution in [0.25, 0.3) is 10.9 Å². The number of para-hydroxylation sites is 1. The molecule has 1 aliphatic rings. The Morgan fingerprint density at radius 3 is 2.70 bits per heavy atom. The van der Waals surface area contributed by atoms with E-state index in [-0.39, 0.29) is 36.6 Å². The minimum absolute atomic E-state index is 0.157. The largest absolute Gasteiger partial charge is 0.326 e. The summed E-state index contributed by atoms with van der Waals surface area (Å²) >= 11 is 0. The minimum atomic E-state index is -0.797. The maximum absolute atomic E-state index is 13.2. The number of nitrogens with zero attached hydrogens (tertiary/aromatic N) is 2. The summed E-state index contributed by atoms with van der Waals surface area (Å²) in [5, 5.41) is 5.42. The molecule has 1 aliphatic heterocycles. The van der Waals surface area contributed by atoms with Gasteiger partial charge in [-0.2, -0.15) is 0 Å². The van der Waals surface area contributed by atoms with E-state index in [0.717, 1.165) is 11.1 Å². The van der Waals surface area contributed by atoms with Crippen LogP contribution in [0.5, 0.6) is 0 Å². The fourth-order valence-electron chi connectivity index (χ4n) is 4.11. The normalized spacial score (nSPS) is 16.0. The van der Waals surface area contributed by atoms with E-state index in [1.807, 2.05) is 24.3 Å². The molecule has 3 amide bonds. The number of amides is 3. The van der Waals surface area contributed by atoms with Gasteiger partial charge in [0.2, 0.25) is 17.7 Å². The number of nitrogens with one attached hydrogen (secondary N) is 2. The molecule has 0 saturated carbocycles. The summed E-state index contributed by atoms with van der Waals surface area (Å²) < 4.78 is 1.32. The number of hydrogen-bond acceptors (Lipinski definition) is 6. The highest BCUT2D eigenvalue weighted by atomic mass is 16.2. The van der Waals surface area contributed by atoms with Crippen LogP contribution in [-0.4, -0.2) is 27.3 Å². The zero-order chi connectivity index (χ0) is 23.5. The molecule has 0 spiro atoms. The van der Waals surface area contributed by atoms with Crippen LogP contribution < -0.4 is 21.9 Å². The van der Waals surface area contributed by atoms with Crippen LogP contribution in [0, 0.1) is 6.92 Å². The molecule has 4 N–H and O–H groups in total. The molecule has 1 fully saturated rings. The van der Waals surface area contributed by atoms with Crippen molar-refractivity contribution in [1.29, 1.82) is 0 Å². The maximum Gasteiger partial charge on any atom is 0.262 e. The van der Waals surface area contributed by atoms with Crippen LogP contribution in [0.4, 0.5) is 5.69 Å². The Hall–Kier alpha value is -3.85. The van der Waals surface area contributed by atoms with Crippen molar-refractivity contribution in [3.8, 4) is 0 Å². The van der Waals surface area contributed by atoms with Gasteiger partial charge in [-0.05, 0) is 43.0 Å². The lowest BCUT2D eigenvalue weighted by Crippen LogP contribution is -2.45. The second kappa shape index (κ2) is 9.33. The van der Waals surface area contributed by atoms with Gasteiger partial charge in [0, 0.05) is 19.4 Å². The number of benzene rings is 2. The Bertz CT molecular complexity index is 1310. The monoisotopic (exact) mass is 447 g/mol. The van der Waals surface area contributed by atoms with Gasteiger partial charge in [0.15, 0.2) is 0 Å². The second-order valence-electron chi connectivity index (χ2n) is 8.08. The van der Waals surface area contributed by atoms with E-state index >= 15 is 0 Å². The van der Waals surface area contributed by atoms with E-state index in [1.54, 1.807) is 25.1 Å². The number of imide groups is 1. The van der Waals surface area contributed by atoms with Crippen molar-refractivity contribution in [2.24, 2.45) is 5.73 Å². The molecule has 0 radical (unpaired) electrons. The molecule has 1 aromatic heterocycles. The lowest BCUT2D eigenvalue weighted by molar-refractivity contribution is -0.135. The quantitative estimate of drug-likeness (QED) is 0.492. The summed E-state index contributed by atoms with van der Waals surface area (Å²) in [6, 6.07) is 12.0. The van der Waals surface area contributed by atoms with E-state index in [4.69, 9.17) is 5.73 Å². The van der Waals surface area contributed by atoms with Crippen molar-refractivity contribution in [3.63, 3.8) is 0 Å². The van der Waals surface area contributed by atoms with Crippen LogP contribution in [0.3, 0.4) is 0 Å². The van der Waals surface area contributed by atoms with Gasteiger partial charge in [-0.25, -0.2) is 4.98 Å². The van der Waals surface area contributed by atoms with Crippen LogP contribution in [0.2, 0.25) is 0 Å². The molecule has 1 unspecified atom stereocenters. The molecule has 0 aliphatic carbocycles. The number of piperidine rings is 1. The van der Waals surface area contributed by atoms with Gasteiger partial charge in [0.25, 0.3) is 5.56 Å². The van der Waals surface area contributed by atoms with Crippen molar-refractivity contribution >= 4 is 34.3 Å². The molecule has 1 atom stereocenters. The first-order valence-electron chi connectivity index (χ1n) is 10.8. The number of anilines is 1. The minimum Gasteiger partial charge on any atom is -0.326 e. The number of hydrogen-bond donors (Lipinski definition) is 3. The molecule has 2 heterocycles. The Morgan fingerprint density at radius 2 is 1.94 bits per heavy atom. The highest BCUT2D eigenvalue weighted by Crippen LogP contribution is 2.23. The third-order valence-electron chi connectivity index (χ3n) is 5.77. The Kier molecular flexibility index (Phi) is 6.32. The molecule has 3 aromatic rings. The first-order valence-corrected chi connectivity index (χ1v) is 10.8. The number of carbonyl (C=O) groups is 3. The van der Waals surface area contributed by atoms with Gasteiger partial charge in [0.05, 0.1) is 11.1 Å². The lowest BCUT2D eigenvalue weighted by Gasteiger charge is -2.24. The molecule has 33 heavy (non-hydrogen) atoms. The number of aryl methyl sites for hydroxylation is 2. The number of carbonyl (C=O) groups excluding carboxylic acids is 3. The van der Waals surface area contributed by atoms with Crippen molar-refractivity contribution in [3.05, 3.63) is 69.8 Å². The van der Waals surface area contributed by atoms with Crippen LogP contribution in [-0.2, 0) is 27.3 Å². The van der Waals surface area contributed by atoms with Crippen molar-refractivity contribution in [2.75, 3.05) is 5.32 Å². The first kappa shape index (κ1) is 22.3. The van der Waals surface area contributed by atoms with E-state index in [1.165, 1.54) is 4.57 Å². The third-order valence-corrected chi connectivity index (χ3v) is 5.77. The number of rotatable bonds is 6. The predicted molar refractivity (Wildman–Crippen MR) is 123 cm³/mol. The summed E-state index contributed by atoms with van der Waals surface area (Å²) in [6.45, 7) is 2.07. The topological polar surface area (TPSA) is 136 Å². The zero-order valence-corrected chi connectivity index (χ0v) is 18.3. The highest BCUT2D eigenvalue weighted by molar-refractivity contribution is 6.01. The van der Waals surface area contributed by atoms with Gasteiger partial charge < -0.3 is 11.1 Å². The lowest BCUT2D eigenvalue weighted by atomic mass is 10.1. The summed E-state index contributed by atoms with van der Waals surface area (Å²) in [6.07, 6.45) is 1.21. The molecule has 9 heteroatoms. The van der Waals surface area contributed by atoms with Crippen LogP contribution in [0.15, 0.2) is 47.3 Å². The van der Waals surface area contributed by atoms with Gasteiger partial charge in [-0.3, -0.25) is 29.1 Å². The molecular weight excluding hydrogens is 422 g/mol. The maximum atomic E-state index is 13.2. The SMILES string of the molecule is Cc1nc2c(NC(=O)CCc3cccc(CN)c3)cccc2c(=O)n1C1CCC(=O)NC1=O. The molecular formula is C24H25N5O4. The van der Waals surface area contributed by atoms with Gasteiger partial charge in [0.1, 0.15) is 17.4 Å². The molecule has 1 saturated heterocycles. The van der Waals surface area contributed by atoms with E-state index in [9.17, 15) is 19.2 Å². The number of fused-ring (bicyclic) bond motifs is 1. The van der Waals surface area contributed by atoms with Gasteiger partial charge >= 0.3 is 0 Å². The van der Waals surface area contributed by atoms with E-state index in [2.05, 4.69) is 15.6 Å². The Balaban J connectivity index is 1.58. The van der Waals surface area contributed by atoms with E-state index < -0.39 is 11.9 Å². The van der Waals surface area contributed by atoms with Crippen LogP contribution >= 0.6 is 0 Å². The standard InChI is InChI=1S/C24H25N5O4/c1-14-26-22-17(24(33)29(14)19-9-11-21(31)28-23(19)32)6-3-7-18(22)27-20(30)10-8-15-4-2-5-16(12-15)13-25/h2-7,12,19H,8-11,13,25H2,1H3,(H,27,30)(H,28,31,32). The summed E-state index contributed by atoms with van der Waals surface area (Å²) in [5.74, 6) is -0.729. The fraction of sp³-hybridized carbons (Fsp3) is 0.292. The summed E-state index contributed by atoms with van der Waals surface area (Å²) in [4.78, 5) is 54.1. The predicted octanol–water partition coefficient (Wildman–Crippen LogP) is 1.71. The first-order chi connectivity index (χ1) is 15.9. The summed E-state index contributed by atoms with van der Waals surface area (Å²) in [5.41, 5.74) is 8.11. The Labute approximate surface area is 190 Å². The molecule has 170 valence electrons. The Morgan fingerprint density at radius 1 is 1.18 bits per heavy atom.